The van der Waals surface area contributed by atoms with E-state index in [0.29, 0.717) is 5.11 Å². The minimum absolute atomic E-state index is 0.0637. The van der Waals surface area contributed by atoms with Crippen LogP contribution in [0.25, 0.3) is 5.69 Å². The maximum absolute atomic E-state index is 5.87. The summed E-state index contributed by atoms with van der Waals surface area (Å²) in [5, 5.41) is 4.23. The van der Waals surface area contributed by atoms with Crippen LogP contribution >= 0.6 is 28.1 Å². The second-order valence-electron chi connectivity index (χ2n) is 8.33. The molecule has 5 nitrogen and oxygen atoms in total. The third-order valence-electron chi connectivity index (χ3n) is 6.32. The highest BCUT2D eigenvalue weighted by Gasteiger charge is 2.42. The van der Waals surface area contributed by atoms with E-state index in [2.05, 4.69) is 98.1 Å². The van der Waals surface area contributed by atoms with Crippen LogP contribution in [0.4, 0.5) is 5.69 Å². The number of nitrogens with one attached hydrogen (secondary N) is 1. The van der Waals surface area contributed by atoms with Gasteiger partial charge in [-0.15, -0.1) is 0 Å². The highest BCUT2D eigenvalue weighted by atomic mass is 79.9. The Morgan fingerprint density at radius 2 is 1.68 bits per heavy atom. The summed E-state index contributed by atoms with van der Waals surface area (Å²) in [4.78, 5) is 6.87. The summed E-state index contributed by atoms with van der Waals surface area (Å²) in [6.07, 6.45) is 1.83. The van der Waals surface area contributed by atoms with Crippen LogP contribution in [0, 0.1) is 13.8 Å². The lowest BCUT2D eigenvalue weighted by Crippen LogP contribution is -2.29. The molecule has 1 aliphatic rings. The molecule has 172 valence electrons. The normalized spacial score (nSPS) is 17.6. The molecule has 1 saturated heterocycles. The van der Waals surface area contributed by atoms with E-state index in [1.807, 2.05) is 30.5 Å². The van der Waals surface area contributed by atoms with Crippen molar-refractivity contribution in [2.45, 2.75) is 25.9 Å². The van der Waals surface area contributed by atoms with Gasteiger partial charge in [0.05, 0.1) is 24.9 Å². The number of nitrogens with zero attached hydrogens (tertiary/aromatic N) is 3. The van der Waals surface area contributed by atoms with E-state index in [9.17, 15) is 0 Å². The third kappa shape index (κ3) is 3.99. The molecule has 0 spiro atoms. The Morgan fingerprint density at radius 3 is 2.32 bits per heavy atom. The fraction of sp³-hybridized carbons (Fsp3) is 0.185. The number of rotatable bonds is 5. The van der Waals surface area contributed by atoms with Crippen LogP contribution in [0.3, 0.4) is 0 Å². The zero-order valence-electron chi connectivity index (χ0n) is 19.2. The number of methoxy groups -OCH3 is 1. The number of halogens is 1. The SMILES string of the molecule is COc1ccc(N2C(=S)N[C@@H](c3ccccn3)[C@H]2c2cc(C)n(-c3ccc(Br)cc3)c2C)cc1. The van der Waals surface area contributed by atoms with Gasteiger partial charge in [0.2, 0.25) is 0 Å². The monoisotopic (exact) mass is 532 g/mol. The Balaban J connectivity index is 1.66. The van der Waals surface area contributed by atoms with Crippen LogP contribution in [-0.4, -0.2) is 21.8 Å². The molecular formula is C27H25BrN4OS. The Bertz CT molecular complexity index is 1320. The second-order valence-corrected chi connectivity index (χ2v) is 9.64. The van der Waals surface area contributed by atoms with E-state index in [1.54, 1.807) is 7.11 Å². The minimum atomic E-state index is -0.0883. The quantitative estimate of drug-likeness (QED) is 0.299. The number of aromatic nitrogens is 2. The van der Waals surface area contributed by atoms with Crippen molar-refractivity contribution < 1.29 is 4.74 Å². The molecule has 0 bridgehead atoms. The van der Waals surface area contributed by atoms with Crippen molar-refractivity contribution in [3.63, 3.8) is 0 Å². The summed E-state index contributed by atoms with van der Waals surface area (Å²) in [7, 11) is 1.67. The Hall–Kier alpha value is -3.16. The molecule has 2 aromatic carbocycles. The lowest BCUT2D eigenvalue weighted by Gasteiger charge is -2.28. The smallest absolute Gasteiger partial charge is 0.174 e. The summed E-state index contributed by atoms with van der Waals surface area (Å²) in [6, 6.07) is 24.6. The number of thiocarbonyl (C=S) groups is 1. The van der Waals surface area contributed by atoms with Crippen LogP contribution in [0.15, 0.2) is 83.5 Å². The predicted molar refractivity (Wildman–Crippen MR) is 144 cm³/mol. The molecular weight excluding hydrogens is 508 g/mol. The lowest BCUT2D eigenvalue weighted by atomic mass is 9.96. The first-order valence-corrected chi connectivity index (χ1v) is 12.3. The number of ether oxygens (including phenoxy) is 1. The topological polar surface area (TPSA) is 42.3 Å². The van der Waals surface area contributed by atoms with Crippen molar-refractivity contribution in [2.75, 3.05) is 12.0 Å². The Labute approximate surface area is 213 Å². The van der Waals surface area contributed by atoms with Gasteiger partial charge in [0.25, 0.3) is 0 Å². The van der Waals surface area contributed by atoms with Gasteiger partial charge < -0.3 is 19.5 Å². The van der Waals surface area contributed by atoms with Crippen LogP contribution in [0.2, 0.25) is 0 Å². The van der Waals surface area contributed by atoms with E-state index in [-0.39, 0.29) is 12.1 Å². The van der Waals surface area contributed by atoms with Gasteiger partial charge in [0, 0.05) is 33.4 Å². The number of hydrogen-bond donors (Lipinski definition) is 1. The van der Waals surface area contributed by atoms with Crippen LogP contribution in [0.1, 0.15) is 34.7 Å². The van der Waals surface area contributed by atoms with Gasteiger partial charge in [-0.2, -0.15) is 0 Å². The molecule has 1 N–H and O–H groups in total. The number of benzene rings is 2. The van der Waals surface area contributed by atoms with Crippen molar-refractivity contribution in [2.24, 2.45) is 0 Å². The van der Waals surface area contributed by atoms with Crippen LogP contribution < -0.4 is 15.0 Å². The molecule has 2 atom stereocenters. The number of pyridine rings is 1. The average molecular weight is 533 g/mol. The highest BCUT2D eigenvalue weighted by molar-refractivity contribution is 9.10. The van der Waals surface area contributed by atoms with Gasteiger partial charge in [0.1, 0.15) is 5.75 Å². The molecule has 7 heteroatoms. The predicted octanol–water partition coefficient (Wildman–Crippen LogP) is 6.44. The third-order valence-corrected chi connectivity index (χ3v) is 7.17. The van der Waals surface area contributed by atoms with Gasteiger partial charge >= 0.3 is 0 Å². The maximum Gasteiger partial charge on any atom is 0.174 e. The second kappa shape index (κ2) is 9.24. The molecule has 34 heavy (non-hydrogen) atoms. The molecule has 5 rings (SSSR count). The summed E-state index contributed by atoms with van der Waals surface area (Å²) in [6.45, 7) is 4.32. The van der Waals surface area contributed by atoms with Crippen LogP contribution in [0.5, 0.6) is 5.75 Å². The van der Waals surface area contributed by atoms with E-state index < -0.39 is 0 Å². The fourth-order valence-electron chi connectivity index (χ4n) is 4.77. The average Bonchev–Trinajstić information content (AvgIpc) is 3.35. The van der Waals surface area contributed by atoms with Crippen molar-refractivity contribution in [3.8, 4) is 11.4 Å². The lowest BCUT2D eigenvalue weighted by molar-refractivity contribution is 0.415. The molecule has 1 fully saturated rings. The van der Waals surface area contributed by atoms with E-state index >= 15 is 0 Å². The first kappa shape index (κ1) is 22.6. The number of anilines is 1. The molecule has 0 saturated carbocycles. The zero-order valence-corrected chi connectivity index (χ0v) is 21.6. The summed E-state index contributed by atoms with van der Waals surface area (Å²) < 4.78 is 8.73. The largest absolute Gasteiger partial charge is 0.497 e. The summed E-state index contributed by atoms with van der Waals surface area (Å²) >= 11 is 9.42. The molecule has 4 aromatic rings. The molecule has 0 unspecified atom stereocenters. The molecule has 0 radical (unpaired) electrons. The zero-order chi connectivity index (χ0) is 23.8. The van der Waals surface area contributed by atoms with Gasteiger partial charge in [-0.05, 0) is 98.4 Å². The van der Waals surface area contributed by atoms with Gasteiger partial charge in [-0.3, -0.25) is 4.98 Å². The van der Waals surface area contributed by atoms with Crippen molar-refractivity contribution in [3.05, 3.63) is 106 Å². The van der Waals surface area contributed by atoms with Crippen molar-refractivity contribution in [1.82, 2.24) is 14.9 Å². The maximum atomic E-state index is 5.87. The van der Waals surface area contributed by atoms with Crippen LogP contribution in [-0.2, 0) is 0 Å². The number of hydrogen-bond acceptors (Lipinski definition) is 3. The highest BCUT2D eigenvalue weighted by Crippen LogP contribution is 2.44. The van der Waals surface area contributed by atoms with Gasteiger partial charge in [-0.25, -0.2) is 0 Å². The first-order chi connectivity index (χ1) is 16.5. The van der Waals surface area contributed by atoms with E-state index in [4.69, 9.17) is 17.0 Å². The van der Waals surface area contributed by atoms with E-state index in [1.165, 1.54) is 17.0 Å². The van der Waals surface area contributed by atoms with Gasteiger partial charge in [-0.1, -0.05) is 22.0 Å². The van der Waals surface area contributed by atoms with Crippen molar-refractivity contribution >= 4 is 38.9 Å². The standard InChI is InChI=1S/C27H25BrN4OS/c1-17-16-23(18(2)31(17)20-9-7-19(28)8-10-20)26-25(24-6-4-5-15-29-24)30-27(34)32(26)21-11-13-22(33-3)14-12-21/h4-16,25-26H,1-3H3,(H,30,34)/t25-,26+/m0/s1. The first-order valence-electron chi connectivity index (χ1n) is 11.1. The number of aryl methyl sites for hydroxylation is 1. The fourth-order valence-corrected chi connectivity index (χ4v) is 5.38. The summed E-state index contributed by atoms with van der Waals surface area (Å²) in [5.41, 5.74) is 6.65. The molecule has 2 aromatic heterocycles. The summed E-state index contributed by atoms with van der Waals surface area (Å²) in [5.74, 6) is 0.813. The Morgan fingerprint density at radius 1 is 0.971 bits per heavy atom. The minimum Gasteiger partial charge on any atom is -0.497 e. The Kier molecular flexibility index (Phi) is 6.15. The van der Waals surface area contributed by atoms with E-state index in [0.717, 1.165) is 27.3 Å². The van der Waals surface area contributed by atoms with Crippen molar-refractivity contribution in [1.29, 1.82) is 0 Å². The molecule has 3 heterocycles. The molecule has 1 aliphatic heterocycles. The molecule has 0 aliphatic carbocycles. The van der Waals surface area contributed by atoms with Gasteiger partial charge in [0.15, 0.2) is 5.11 Å². The molecule has 0 amide bonds.